The van der Waals surface area contributed by atoms with Crippen molar-refractivity contribution in [1.82, 2.24) is 18.8 Å². The molecule has 0 aromatic heterocycles. The molecule has 0 amide bonds. The number of hydrogen-bond donors (Lipinski definition) is 3. The standard InChI is InChI=1S/C19H25N3O9S2.C8H19N/c1-3-4-13-31-15-5-7-16(8-6-15)33(29,30)20-14-19(17(23)24,18(25)26)21-9-11-22(12-10-21)32(2,27)28;1-6-9(7-2)8(3,4)5/h5-8,20H,9-14H2,1-2H3,(H,23,24)(H,25,26);6-7H2,1-5H3. The number of carboxylic acid groups (broad SMARTS) is 2. The molecule has 1 aliphatic heterocycles. The molecule has 0 bridgehead atoms. The van der Waals surface area contributed by atoms with Gasteiger partial charge >= 0.3 is 11.9 Å². The van der Waals surface area contributed by atoms with Crippen molar-refractivity contribution in [1.29, 1.82) is 0 Å². The van der Waals surface area contributed by atoms with Crippen molar-refractivity contribution in [3.05, 3.63) is 24.3 Å². The lowest BCUT2D eigenvalue weighted by Crippen LogP contribution is -2.69. The number of rotatable bonds is 12. The maximum Gasteiger partial charge on any atom is 0.337 e. The molecular formula is C27H44N4O9S2. The predicted molar refractivity (Wildman–Crippen MR) is 159 cm³/mol. The van der Waals surface area contributed by atoms with Crippen LogP contribution >= 0.6 is 0 Å². The molecule has 15 heteroatoms. The highest BCUT2D eigenvalue weighted by Crippen LogP contribution is 2.22. The van der Waals surface area contributed by atoms with Crippen LogP contribution in [-0.2, 0) is 29.6 Å². The molecule has 1 heterocycles. The van der Waals surface area contributed by atoms with E-state index in [0.717, 1.165) is 28.6 Å². The topological polar surface area (TPSA) is 174 Å². The van der Waals surface area contributed by atoms with Crippen LogP contribution < -0.4 is 9.46 Å². The highest BCUT2D eigenvalue weighted by atomic mass is 32.2. The number of sulfonamides is 2. The number of piperazine rings is 1. The average Bonchev–Trinajstić information content (AvgIpc) is 2.89. The zero-order valence-electron chi connectivity index (χ0n) is 25.4. The largest absolute Gasteiger partial charge is 0.481 e. The molecule has 0 radical (unpaired) electrons. The van der Waals surface area contributed by atoms with E-state index in [1.54, 1.807) is 6.92 Å². The molecule has 3 N–H and O–H groups in total. The average molecular weight is 633 g/mol. The minimum atomic E-state index is -4.27. The van der Waals surface area contributed by atoms with Crippen molar-refractivity contribution < 1.29 is 41.4 Å². The second-order valence-electron chi connectivity index (χ2n) is 10.5. The first-order valence-corrected chi connectivity index (χ1v) is 16.7. The molecule has 0 aliphatic carbocycles. The van der Waals surface area contributed by atoms with Gasteiger partial charge in [0.15, 0.2) is 0 Å². The summed E-state index contributed by atoms with van der Waals surface area (Å²) in [5, 5.41) is 19.5. The molecule has 238 valence electrons. The van der Waals surface area contributed by atoms with E-state index in [1.165, 1.54) is 24.3 Å². The molecule has 1 aromatic carbocycles. The Morgan fingerprint density at radius 1 is 0.976 bits per heavy atom. The molecule has 1 fully saturated rings. The quantitative estimate of drug-likeness (QED) is 0.221. The lowest BCUT2D eigenvalue weighted by atomic mass is 9.96. The first kappa shape index (κ1) is 37.3. The van der Waals surface area contributed by atoms with Gasteiger partial charge in [-0.05, 0) is 65.0 Å². The van der Waals surface area contributed by atoms with Crippen LogP contribution in [0.4, 0.5) is 0 Å². The number of carboxylic acids is 2. The monoisotopic (exact) mass is 632 g/mol. The normalized spacial score (nSPS) is 15.2. The molecule has 42 heavy (non-hydrogen) atoms. The minimum absolute atomic E-state index is 0.118. The van der Waals surface area contributed by atoms with Crippen molar-refractivity contribution in [2.75, 3.05) is 58.7 Å². The Labute approximate surface area is 249 Å². The van der Waals surface area contributed by atoms with Crippen LogP contribution in [0.15, 0.2) is 29.2 Å². The van der Waals surface area contributed by atoms with Crippen LogP contribution in [0, 0.1) is 11.8 Å². The number of benzene rings is 1. The predicted octanol–water partition coefficient (Wildman–Crippen LogP) is 0.979. The van der Waals surface area contributed by atoms with Gasteiger partial charge in [-0.1, -0.05) is 19.8 Å². The van der Waals surface area contributed by atoms with E-state index >= 15 is 0 Å². The number of carbonyl (C=O) groups is 2. The van der Waals surface area contributed by atoms with Crippen LogP contribution in [0.1, 0.15) is 41.5 Å². The van der Waals surface area contributed by atoms with Gasteiger partial charge in [0.1, 0.15) is 12.4 Å². The van der Waals surface area contributed by atoms with Gasteiger partial charge in [0.2, 0.25) is 25.6 Å². The lowest BCUT2D eigenvalue weighted by molar-refractivity contribution is -0.168. The van der Waals surface area contributed by atoms with E-state index in [9.17, 15) is 36.6 Å². The zero-order chi connectivity index (χ0) is 32.4. The van der Waals surface area contributed by atoms with Crippen LogP contribution in [0.25, 0.3) is 0 Å². The summed E-state index contributed by atoms with van der Waals surface area (Å²) in [5.74, 6) is 2.16. The highest BCUT2D eigenvalue weighted by Gasteiger charge is 2.53. The Bertz CT molecular complexity index is 1300. The molecule has 1 saturated heterocycles. The first-order chi connectivity index (χ1) is 19.4. The summed E-state index contributed by atoms with van der Waals surface area (Å²) in [5.41, 5.74) is -2.28. The van der Waals surface area contributed by atoms with Gasteiger partial charge in [-0.15, -0.1) is 5.92 Å². The van der Waals surface area contributed by atoms with Crippen LogP contribution in [0.3, 0.4) is 0 Å². The van der Waals surface area contributed by atoms with Gasteiger partial charge in [-0.2, -0.15) is 4.31 Å². The number of hydrogen-bond acceptors (Lipinski definition) is 9. The number of nitrogens with zero attached hydrogens (tertiary/aromatic N) is 3. The summed E-state index contributed by atoms with van der Waals surface area (Å²) < 4.78 is 57.2. The summed E-state index contributed by atoms with van der Waals surface area (Å²) in [6, 6.07) is 5.23. The first-order valence-electron chi connectivity index (χ1n) is 13.4. The Kier molecular flexibility index (Phi) is 13.9. The van der Waals surface area contributed by atoms with Gasteiger partial charge in [0, 0.05) is 31.7 Å². The Hall–Kier alpha value is -2.74. The van der Waals surface area contributed by atoms with Crippen LogP contribution in [-0.4, -0.2) is 123 Å². The van der Waals surface area contributed by atoms with E-state index < -0.39 is 44.1 Å². The Morgan fingerprint density at radius 2 is 1.48 bits per heavy atom. The molecule has 0 saturated carbocycles. The van der Waals surface area contributed by atoms with E-state index in [4.69, 9.17) is 4.74 Å². The molecular weight excluding hydrogens is 588 g/mol. The van der Waals surface area contributed by atoms with Crippen molar-refractivity contribution in [2.45, 2.75) is 57.5 Å². The molecule has 1 aromatic rings. The van der Waals surface area contributed by atoms with Crippen LogP contribution in [0.2, 0.25) is 0 Å². The van der Waals surface area contributed by atoms with Crippen molar-refractivity contribution in [2.24, 2.45) is 0 Å². The molecule has 0 atom stereocenters. The fraction of sp³-hybridized carbons (Fsp3) is 0.630. The van der Waals surface area contributed by atoms with Crippen molar-refractivity contribution >= 4 is 32.0 Å². The SMILES string of the molecule is CC#CCOc1ccc(S(=O)(=O)NCC(C(=O)O)(C(=O)O)N2CCN(S(C)(=O)=O)CC2)cc1.CCN(CC)C(C)(C)C. The number of aliphatic carboxylic acids is 2. The Balaban J connectivity index is 0.000000844. The molecule has 0 spiro atoms. The summed E-state index contributed by atoms with van der Waals surface area (Å²) in [6.45, 7) is 13.6. The van der Waals surface area contributed by atoms with Crippen LogP contribution in [0.5, 0.6) is 5.75 Å². The minimum Gasteiger partial charge on any atom is -0.481 e. The molecule has 13 nitrogen and oxygen atoms in total. The van der Waals surface area contributed by atoms with E-state index in [1.807, 2.05) is 0 Å². The van der Waals surface area contributed by atoms with Gasteiger partial charge < -0.3 is 14.9 Å². The molecule has 1 aliphatic rings. The summed E-state index contributed by atoms with van der Waals surface area (Å²) in [6.07, 6.45) is 0.992. The highest BCUT2D eigenvalue weighted by molar-refractivity contribution is 7.89. The van der Waals surface area contributed by atoms with E-state index in [2.05, 4.69) is 56.1 Å². The van der Waals surface area contributed by atoms with Crippen molar-refractivity contribution in [3.63, 3.8) is 0 Å². The fourth-order valence-corrected chi connectivity index (χ4v) is 6.27. The zero-order valence-corrected chi connectivity index (χ0v) is 27.0. The molecule has 2 rings (SSSR count). The summed E-state index contributed by atoms with van der Waals surface area (Å²) in [4.78, 5) is 27.4. The van der Waals surface area contributed by atoms with Crippen molar-refractivity contribution in [3.8, 4) is 17.6 Å². The number of ether oxygens (including phenoxy) is 1. The molecule has 0 unspecified atom stereocenters. The van der Waals surface area contributed by atoms with Gasteiger partial charge in [0.05, 0.1) is 17.7 Å². The Morgan fingerprint density at radius 3 is 1.83 bits per heavy atom. The third kappa shape index (κ3) is 10.2. The third-order valence-corrected chi connectivity index (χ3v) is 9.53. The smallest absolute Gasteiger partial charge is 0.337 e. The van der Waals surface area contributed by atoms with Gasteiger partial charge in [0.25, 0.3) is 0 Å². The summed E-state index contributed by atoms with van der Waals surface area (Å²) >= 11 is 0. The van der Waals surface area contributed by atoms with E-state index in [0.29, 0.717) is 11.3 Å². The maximum absolute atomic E-state index is 12.7. The number of nitrogens with one attached hydrogen (secondary N) is 1. The maximum atomic E-state index is 12.7. The van der Waals surface area contributed by atoms with Gasteiger partial charge in [-0.25, -0.2) is 31.1 Å². The third-order valence-electron chi connectivity index (χ3n) is 6.81. The fourth-order valence-electron chi connectivity index (χ4n) is 4.39. The second kappa shape index (κ2) is 15.6. The van der Waals surface area contributed by atoms with E-state index in [-0.39, 0.29) is 37.7 Å². The summed E-state index contributed by atoms with van der Waals surface area (Å²) in [7, 11) is -7.80. The second-order valence-corrected chi connectivity index (χ2v) is 14.2. The lowest BCUT2D eigenvalue weighted by Gasteiger charge is -2.41. The van der Waals surface area contributed by atoms with Gasteiger partial charge in [-0.3, -0.25) is 9.80 Å².